The number of hydrogen-bond acceptors (Lipinski definition) is 2. The van der Waals surface area contributed by atoms with Crippen LogP contribution in [0.1, 0.15) is 29.1 Å². The van der Waals surface area contributed by atoms with Gasteiger partial charge < -0.3 is 10.4 Å². The molecule has 13 heavy (non-hydrogen) atoms. The van der Waals surface area contributed by atoms with Gasteiger partial charge in [0.25, 0.3) is 0 Å². The molecule has 2 nitrogen and oxygen atoms in total. The molecule has 72 valence electrons. The third-order valence-electron chi connectivity index (χ3n) is 2.15. The van der Waals surface area contributed by atoms with Gasteiger partial charge in [0.2, 0.25) is 0 Å². The fraction of sp³-hybridized carbons (Fsp3) is 0.455. The number of likely N-dealkylation sites (N-methyl/N-ethyl adjacent to an activating group) is 1. The highest BCUT2D eigenvalue weighted by Crippen LogP contribution is 2.17. The zero-order valence-corrected chi connectivity index (χ0v) is 7.70. The molecule has 0 bridgehead atoms. The van der Waals surface area contributed by atoms with Gasteiger partial charge in [-0.25, -0.2) is 0 Å². The van der Waals surface area contributed by atoms with Crippen molar-refractivity contribution in [3.05, 3.63) is 35.9 Å². The summed E-state index contributed by atoms with van der Waals surface area (Å²) >= 11 is 0. The molecule has 0 aromatic heterocycles. The second-order valence-corrected chi connectivity index (χ2v) is 3.01. The summed E-state index contributed by atoms with van der Waals surface area (Å²) in [6, 6.07) is 8.61. The van der Waals surface area contributed by atoms with E-state index in [0.717, 1.165) is 5.56 Å². The van der Waals surface area contributed by atoms with Crippen LogP contribution in [0.25, 0.3) is 0 Å². The van der Waals surface area contributed by atoms with Gasteiger partial charge in [0, 0.05) is 10.2 Å². The van der Waals surface area contributed by atoms with Crippen molar-refractivity contribution in [1.29, 1.82) is 0 Å². The molecule has 2 atom stereocenters. The molecule has 2 heteroatoms. The maximum absolute atomic E-state index is 10.0. The Labute approximate surface area is 83.8 Å². The van der Waals surface area contributed by atoms with Gasteiger partial charge in [0.15, 0.2) is 0 Å². The highest BCUT2D eigenvalue weighted by molar-refractivity contribution is 5.18. The maximum atomic E-state index is 10.0. The number of hydrogen-bond donors (Lipinski definition) is 2. The van der Waals surface area contributed by atoms with Crippen LogP contribution >= 0.6 is 0 Å². The number of rotatable bonds is 4. The topological polar surface area (TPSA) is 32.3 Å². The molecule has 2 unspecified atom stereocenters. The summed E-state index contributed by atoms with van der Waals surface area (Å²) in [5.74, 6) is 0. The van der Waals surface area contributed by atoms with E-state index in [9.17, 15) is 5.11 Å². The highest BCUT2D eigenvalue weighted by Gasteiger charge is 2.16. The molecule has 0 aliphatic heterocycles. The molecule has 1 rings (SSSR count). The van der Waals surface area contributed by atoms with Gasteiger partial charge in [-0.2, -0.15) is 0 Å². The van der Waals surface area contributed by atoms with Crippen LogP contribution < -0.4 is 5.32 Å². The number of aliphatic hydroxyl groups excluding tert-OH is 1. The summed E-state index contributed by atoms with van der Waals surface area (Å²) in [4.78, 5) is 0. The molecule has 0 fully saturated rings. The molecule has 2 N–H and O–H groups in total. The van der Waals surface area contributed by atoms with Gasteiger partial charge in [0.05, 0.1) is 6.10 Å². The van der Waals surface area contributed by atoms with E-state index >= 15 is 0 Å². The fourth-order valence-electron chi connectivity index (χ4n) is 1.29. The van der Waals surface area contributed by atoms with Gasteiger partial charge in [0.1, 0.15) is 0 Å². The lowest BCUT2D eigenvalue weighted by Crippen LogP contribution is -2.31. The van der Waals surface area contributed by atoms with Crippen molar-refractivity contribution in [3.8, 4) is 0 Å². The van der Waals surface area contributed by atoms with E-state index in [-0.39, 0.29) is 0 Å². The van der Waals surface area contributed by atoms with Crippen LogP contribution in [0.5, 0.6) is 0 Å². The quantitative estimate of drug-likeness (QED) is 0.697. The summed E-state index contributed by atoms with van der Waals surface area (Å²) in [5, 5.41) is 12.5. The molecule has 0 aliphatic carbocycles. The van der Waals surface area contributed by atoms with Gasteiger partial charge in [-0.1, -0.05) is 37.3 Å². The van der Waals surface area contributed by atoms with E-state index < -0.39 is 19.1 Å². The smallest absolute Gasteiger partial charge is 0.0942 e. The second kappa shape index (κ2) is 5.00. The lowest BCUT2D eigenvalue weighted by Gasteiger charge is -2.21. The molecule has 0 saturated carbocycles. The third kappa shape index (κ3) is 2.54. The Morgan fingerprint density at radius 2 is 2.15 bits per heavy atom. The summed E-state index contributed by atoms with van der Waals surface area (Å²) < 4.78 is 21.4. The van der Waals surface area contributed by atoms with Crippen LogP contribution in [-0.4, -0.2) is 18.1 Å². The van der Waals surface area contributed by atoms with Crippen LogP contribution in [-0.2, 0) is 0 Å². The third-order valence-corrected chi connectivity index (χ3v) is 2.15. The standard InChI is InChI=1S/C11H17NO/c1-3-10(12-2)11(13)9-7-5-4-6-8-9/h4-8,10-13H,3H2,1-2H3/i2+1D3. The van der Waals surface area contributed by atoms with E-state index in [1.807, 2.05) is 25.1 Å². The van der Waals surface area contributed by atoms with Gasteiger partial charge in [-0.3, -0.25) is 0 Å². The van der Waals surface area contributed by atoms with Crippen molar-refractivity contribution in [2.75, 3.05) is 6.98 Å². The monoisotopic (exact) mass is 183 g/mol. The Morgan fingerprint density at radius 1 is 1.46 bits per heavy atom. The Kier molecular flexibility index (Phi) is 2.53. The lowest BCUT2D eigenvalue weighted by atomic mass is 10.0. The number of aliphatic hydroxyl groups is 1. The van der Waals surface area contributed by atoms with Crippen molar-refractivity contribution >= 4 is 0 Å². The number of nitrogens with one attached hydrogen (secondary N) is 1. The van der Waals surface area contributed by atoms with Crippen molar-refractivity contribution < 1.29 is 9.22 Å². The van der Waals surface area contributed by atoms with Crippen LogP contribution in [0.2, 0.25) is 0 Å². The van der Waals surface area contributed by atoms with E-state index in [4.69, 9.17) is 4.11 Å². The first-order valence-corrected chi connectivity index (χ1v) is 4.44. The van der Waals surface area contributed by atoms with E-state index in [1.54, 1.807) is 12.1 Å². The zero-order valence-electron chi connectivity index (χ0n) is 10.7. The first-order valence-electron chi connectivity index (χ1n) is 5.94. The van der Waals surface area contributed by atoms with Crippen molar-refractivity contribution in [3.63, 3.8) is 0 Å². The minimum atomic E-state index is -2.23. The first-order chi connectivity index (χ1) is 7.44. The predicted molar refractivity (Wildman–Crippen MR) is 54.5 cm³/mol. The average molecular weight is 183 g/mol. The van der Waals surface area contributed by atoms with Crippen molar-refractivity contribution in [1.82, 2.24) is 5.32 Å². The summed E-state index contributed by atoms with van der Waals surface area (Å²) in [6.45, 7) is -0.383. The number of benzene rings is 1. The van der Waals surface area contributed by atoms with Gasteiger partial charge in [-0.15, -0.1) is 0 Å². The first kappa shape index (κ1) is 6.57. The second-order valence-electron chi connectivity index (χ2n) is 3.01. The Hall–Kier alpha value is -0.860. The molecular weight excluding hydrogens is 163 g/mol. The molecule has 1 aromatic rings. The lowest BCUT2D eigenvalue weighted by molar-refractivity contribution is 0.130. The largest absolute Gasteiger partial charge is 0.387 e. The van der Waals surface area contributed by atoms with Gasteiger partial charge in [-0.05, 0) is 19.0 Å². The predicted octanol–water partition coefficient (Wildman–Crippen LogP) is 1.72. The molecular formula is C11H17NO. The minimum absolute atomic E-state index is 0.463. The normalized spacial score (nSPS) is 19.7. The van der Waals surface area contributed by atoms with E-state index in [1.165, 1.54) is 0 Å². The molecule has 0 amide bonds. The fourth-order valence-corrected chi connectivity index (χ4v) is 1.29. The summed E-state index contributed by atoms with van der Waals surface area (Å²) in [5.41, 5.74) is 0.728. The SMILES string of the molecule is [2H][13C]([2H])([2H])NC(CC)C(O)c1ccccc1. The molecule has 0 spiro atoms. The maximum Gasteiger partial charge on any atom is 0.0942 e. The van der Waals surface area contributed by atoms with Crippen LogP contribution in [0.3, 0.4) is 0 Å². The molecule has 0 radical (unpaired) electrons. The summed E-state index contributed by atoms with van der Waals surface area (Å²) in [7, 11) is 0. The van der Waals surface area contributed by atoms with Crippen LogP contribution in [0, 0.1) is 0 Å². The van der Waals surface area contributed by atoms with E-state index in [0.29, 0.717) is 6.42 Å². The van der Waals surface area contributed by atoms with Crippen molar-refractivity contribution in [2.45, 2.75) is 25.5 Å². The van der Waals surface area contributed by atoms with Crippen molar-refractivity contribution in [2.24, 2.45) is 0 Å². The Balaban J connectivity index is 2.74. The highest BCUT2D eigenvalue weighted by atomic mass is 16.3. The molecule has 0 heterocycles. The van der Waals surface area contributed by atoms with E-state index in [2.05, 4.69) is 5.32 Å². The molecule has 0 aliphatic rings. The summed E-state index contributed by atoms with van der Waals surface area (Å²) in [6.07, 6.45) is -0.249. The van der Waals surface area contributed by atoms with Gasteiger partial charge >= 0.3 is 0 Å². The Bertz CT molecular complexity index is 313. The average Bonchev–Trinajstić information content (AvgIpc) is 2.25. The van der Waals surface area contributed by atoms with Crippen LogP contribution in [0.4, 0.5) is 0 Å². The van der Waals surface area contributed by atoms with Crippen LogP contribution in [0.15, 0.2) is 30.3 Å². The Morgan fingerprint density at radius 3 is 2.69 bits per heavy atom. The zero-order chi connectivity index (χ0) is 12.2. The minimum Gasteiger partial charge on any atom is -0.387 e. The molecule has 0 saturated heterocycles. The molecule has 1 aromatic carbocycles.